The molecule has 2 nitrogen and oxygen atoms in total. The standard InChI is InChI=1S/C5H9Cl3N2/c6-5(7,8)4-10-3-1-2-9/h4H,1-3,9H2. The highest BCUT2D eigenvalue weighted by molar-refractivity contribution is 6.74. The third kappa shape index (κ3) is 8.50. The Labute approximate surface area is 75.3 Å². The van der Waals surface area contributed by atoms with E-state index >= 15 is 0 Å². The van der Waals surface area contributed by atoms with Crippen LogP contribution >= 0.6 is 34.8 Å². The second-order valence-corrected chi connectivity index (χ2v) is 4.09. The first-order valence-electron chi connectivity index (χ1n) is 2.84. The van der Waals surface area contributed by atoms with Crippen molar-refractivity contribution in [3.05, 3.63) is 0 Å². The van der Waals surface area contributed by atoms with Gasteiger partial charge in [0.05, 0.1) is 0 Å². The minimum Gasteiger partial charge on any atom is -0.330 e. The van der Waals surface area contributed by atoms with E-state index in [0.717, 1.165) is 6.42 Å². The molecule has 60 valence electrons. The van der Waals surface area contributed by atoms with Crippen LogP contribution in [0.15, 0.2) is 4.99 Å². The number of aliphatic imine (C=N–C) groups is 1. The predicted octanol–water partition coefficient (Wildman–Crippen LogP) is 1.78. The van der Waals surface area contributed by atoms with Crippen molar-refractivity contribution in [2.75, 3.05) is 13.1 Å². The van der Waals surface area contributed by atoms with Gasteiger partial charge in [-0.3, -0.25) is 4.99 Å². The van der Waals surface area contributed by atoms with Crippen LogP contribution in [0.4, 0.5) is 0 Å². The fraction of sp³-hybridized carbons (Fsp3) is 0.800. The molecule has 0 aliphatic rings. The van der Waals surface area contributed by atoms with E-state index in [4.69, 9.17) is 40.5 Å². The maximum atomic E-state index is 5.36. The van der Waals surface area contributed by atoms with Crippen molar-refractivity contribution in [1.82, 2.24) is 0 Å². The van der Waals surface area contributed by atoms with Gasteiger partial charge < -0.3 is 5.73 Å². The largest absolute Gasteiger partial charge is 0.330 e. The van der Waals surface area contributed by atoms with Crippen molar-refractivity contribution in [3.8, 4) is 0 Å². The molecular weight excluding hydrogens is 194 g/mol. The highest BCUT2D eigenvalue weighted by Gasteiger charge is 2.14. The molecule has 0 radical (unpaired) electrons. The average Bonchev–Trinajstić information content (AvgIpc) is 1.78. The molecule has 0 unspecified atom stereocenters. The molecule has 0 aromatic rings. The van der Waals surface area contributed by atoms with Crippen LogP contribution in [0.2, 0.25) is 0 Å². The van der Waals surface area contributed by atoms with Gasteiger partial charge in [-0.25, -0.2) is 0 Å². The molecule has 0 bridgehead atoms. The van der Waals surface area contributed by atoms with E-state index in [0.29, 0.717) is 13.1 Å². The molecule has 0 amide bonds. The van der Waals surface area contributed by atoms with E-state index in [-0.39, 0.29) is 0 Å². The molecule has 0 aliphatic heterocycles. The van der Waals surface area contributed by atoms with E-state index < -0.39 is 3.79 Å². The van der Waals surface area contributed by atoms with Crippen LogP contribution in [0.3, 0.4) is 0 Å². The van der Waals surface area contributed by atoms with Crippen molar-refractivity contribution in [1.29, 1.82) is 0 Å². The second-order valence-electron chi connectivity index (χ2n) is 1.72. The molecule has 5 heteroatoms. The number of nitrogens with two attached hydrogens (primary N) is 1. The number of halogens is 3. The highest BCUT2D eigenvalue weighted by Crippen LogP contribution is 2.22. The van der Waals surface area contributed by atoms with Crippen LogP contribution in [-0.4, -0.2) is 23.1 Å². The third-order valence-corrected chi connectivity index (χ3v) is 1.02. The van der Waals surface area contributed by atoms with E-state index in [1.165, 1.54) is 6.21 Å². The maximum Gasteiger partial charge on any atom is 0.225 e. The number of rotatable bonds is 3. The maximum absolute atomic E-state index is 5.36. The Hall–Kier alpha value is 0.500. The molecular formula is C5H9Cl3N2. The van der Waals surface area contributed by atoms with Gasteiger partial charge in [-0.2, -0.15) is 0 Å². The Morgan fingerprint density at radius 1 is 1.40 bits per heavy atom. The fourth-order valence-corrected chi connectivity index (χ4v) is 0.558. The smallest absolute Gasteiger partial charge is 0.225 e. The van der Waals surface area contributed by atoms with Gasteiger partial charge in [-0.1, -0.05) is 34.8 Å². The molecule has 0 spiro atoms. The van der Waals surface area contributed by atoms with Crippen molar-refractivity contribution >= 4 is 41.0 Å². The van der Waals surface area contributed by atoms with Crippen molar-refractivity contribution in [2.45, 2.75) is 10.2 Å². The molecule has 0 rings (SSSR count). The topological polar surface area (TPSA) is 38.4 Å². The number of hydrogen-bond donors (Lipinski definition) is 1. The Bertz CT molecular complexity index is 108. The van der Waals surface area contributed by atoms with Crippen molar-refractivity contribution < 1.29 is 0 Å². The molecule has 0 saturated carbocycles. The van der Waals surface area contributed by atoms with Gasteiger partial charge in [0.25, 0.3) is 0 Å². The zero-order valence-electron chi connectivity index (χ0n) is 5.36. The van der Waals surface area contributed by atoms with Gasteiger partial charge in [-0.05, 0) is 13.0 Å². The van der Waals surface area contributed by atoms with E-state index in [1.807, 2.05) is 0 Å². The monoisotopic (exact) mass is 202 g/mol. The van der Waals surface area contributed by atoms with Crippen LogP contribution in [-0.2, 0) is 0 Å². The lowest BCUT2D eigenvalue weighted by molar-refractivity contribution is 0.846. The first kappa shape index (κ1) is 10.5. The summed E-state index contributed by atoms with van der Waals surface area (Å²) in [5, 5.41) is 0. The van der Waals surface area contributed by atoms with Gasteiger partial charge in [0.15, 0.2) is 0 Å². The SMILES string of the molecule is NCCCN=CC(Cl)(Cl)Cl. The second kappa shape index (κ2) is 5.19. The molecule has 0 atom stereocenters. The highest BCUT2D eigenvalue weighted by atomic mass is 35.6. The summed E-state index contributed by atoms with van der Waals surface area (Å²) < 4.78 is -1.37. The Balaban J connectivity index is 3.37. The lowest BCUT2D eigenvalue weighted by atomic mass is 10.4. The number of nitrogens with zero attached hydrogens (tertiary/aromatic N) is 1. The van der Waals surface area contributed by atoms with E-state index in [9.17, 15) is 0 Å². The van der Waals surface area contributed by atoms with Crippen molar-refractivity contribution in [3.63, 3.8) is 0 Å². The summed E-state index contributed by atoms with van der Waals surface area (Å²) in [7, 11) is 0. The van der Waals surface area contributed by atoms with E-state index in [1.54, 1.807) is 0 Å². The minimum atomic E-state index is -1.37. The van der Waals surface area contributed by atoms with Crippen LogP contribution in [0.5, 0.6) is 0 Å². The lowest BCUT2D eigenvalue weighted by Gasteiger charge is -2.00. The van der Waals surface area contributed by atoms with Crippen LogP contribution in [0.25, 0.3) is 0 Å². The Kier molecular flexibility index (Phi) is 5.45. The molecule has 0 fully saturated rings. The molecule has 0 aliphatic carbocycles. The Morgan fingerprint density at radius 3 is 2.40 bits per heavy atom. The van der Waals surface area contributed by atoms with Gasteiger partial charge in [0, 0.05) is 12.8 Å². The molecule has 0 heterocycles. The number of alkyl halides is 3. The first-order chi connectivity index (χ1) is 4.56. The quantitative estimate of drug-likeness (QED) is 0.424. The summed E-state index contributed by atoms with van der Waals surface area (Å²) in [6.45, 7) is 1.22. The van der Waals surface area contributed by atoms with Gasteiger partial charge in [0.2, 0.25) is 3.79 Å². The molecule has 0 saturated heterocycles. The van der Waals surface area contributed by atoms with Crippen LogP contribution in [0.1, 0.15) is 6.42 Å². The zero-order valence-corrected chi connectivity index (χ0v) is 7.62. The Morgan fingerprint density at radius 2 is 2.00 bits per heavy atom. The zero-order chi connectivity index (χ0) is 8.04. The molecule has 10 heavy (non-hydrogen) atoms. The van der Waals surface area contributed by atoms with Gasteiger partial charge in [0.1, 0.15) is 0 Å². The first-order valence-corrected chi connectivity index (χ1v) is 3.97. The summed E-state index contributed by atoms with van der Waals surface area (Å²) in [5.41, 5.74) is 5.21. The van der Waals surface area contributed by atoms with Crippen LogP contribution < -0.4 is 5.73 Å². The normalized spacial score (nSPS) is 12.8. The summed E-state index contributed by atoms with van der Waals surface area (Å²) in [4.78, 5) is 3.83. The molecule has 0 aromatic carbocycles. The summed E-state index contributed by atoms with van der Waals surface area (Å²) >= 11 is 16.1. The predicted molar refractivity (Wildman–Crippen MR) is 47.3 cm³/mol. The fourth-order valence-electron chi connectivity index (χ4n) is 0.351. The van der Waals surface area contributed by atoms with Gasteiger partial charge in [-0.15, -0.1) is 0 Å². The van der Waals surface area contributed by atoms with Gasteiger partial charge >= 0.3 is 0 Å². The third-order valence-electron chi connectivity index (χ3n) is 0.729. The summed E-state index contributed by atoms with van der Waals surface area (Å²) in [5.74, 6) is 0. The molecule has 0 aromatic heterocycles. The van der Waals surface area contributed by atoms with E-state index in [2.05, 4.69) is 4.99 Å². The average molecular weight is 204 g/mol. The summed E-state index contributed by atoms with van der Waals surface area (Å²) in [6.07, 6.45) is 2.10. The summed E-state index contributed by atoms with van der Waals surface area (Å²) in [6, 6.07) is 0. The van der Waals surface area contributed by atoms with Crippen LogP contribution in [0, 0.1) is 0 Å². The lowest BCUT2D eigenvalue weighted by Crippen LogP contribution is -2.05. The minimum absolute atomic E-state index is 0.608. The number of hydrogen-bond acceptors (Lipinski definition) is 2. The molecule has 2 N–H and O–H groups in total. The van der Waals surface area contributed by atoms with Crippen molar-refractivity contribution in [2.24, 2.45) is 10.7 Å².